The van der Waals surface area contributed by atoms with Crippen molar-refractivity contribution in [1.82, 2.24) is 10.6 Å². The van der Waals surface area contributed by atoms with Crippen LogP contribution >= 0.6 is 0 Å². The van der Waals surface area contributed by atoms with E-state index in [0.717, 1.165) is 21.0 Å². The number of carbonyl (C=O) groups is 3. The number of esters is 1. The molecule has 0 aromatic rings. The normalized spacial score (nSPS) is 15.4. The number of likely N-dealkylation sites (N-methyl/N-ethyl adjacent to an activating group) is 1. The zero-order chi connectivity index (χ0) is 19.1. The summed E-state index contributed by atoms with van der Waals surface area (Å²) in [4.78, 5) is 36.8. The van der Waals surface area contributed by atoms with E-state index in [1.807, 2.05) is 13.8 Å². The molecule has 0 fully saturated rings. The Balaban J connectivity index is 5.65. The molecule has 7 nitrogen and oxygen atoms in total. The van der Waals surface area contributed by atoms with Crippen molar-refractivity contribution in [2.24, 2.45) is 5.92 Å². The van der Waals surface area contributed by atoms with Crippen molar-refractivity contribution in [2.45, 2.75) is 57.8 Å². The lowest BCUT2D eigenvalue weighted by Crippen LogP contribution is -2.63. The van der Waals surface area contributed by atoms with Crippen LogP contribution in [-0.4, -0.2) is 56.4 Å². The summed E-state index contributed by atoms with van der Waals surface area (Å²) in [5.41, 5.74) is -3.97. The highest BCUT2D eigenvalue weighted by molar-refractivity contribution is 6.07. The van der Waals surface area contributed by atoms with Gasteiger partial charge < -0.3 is 20.1 Å². The van der Waals surface area contributed by atoms with Gasteiger partial charge in [0.2, 0.25) is 11.5 Å². The van der Waals surface area contributed by atoms with Crippen molar-refractivity contribution in [2.75, 3.05) is 21.3 Å². The van der Waals surface area contributed by atoms with Crippen LogP contribution < -0.4 is 10.6 Å². The summed E-state index contributed by atoms with van der Waals surface area (Å²) < 4.78 is 24.2. The van der Waals surface area contributed by atoms with Crippen molar-refractivity contribution in [3.8, 4) is 0 Å². The van der Waals surface area contributed by atoms with E-state index in [2.05, 4.69) is 10.6 Å². The molecule has 1 unspecified atom stereocenters. The third kappa shape index (κ3) is 5.43. The van der Waals surface area contributed by atoms with Gasteiger partial charge in [-0.25, -0.2) is 9.18 Å². The second-order valence-corrected chi connectivity index (χ2v) is 6.54. The van der Waals surface area contributed by atoms with Crippen molar-refractivity contribution in [1.29, 1.82) is 0 Å². The molecule has 2 amide bonds. The first-order chi connectivity index (χ1) is 11.0. The highest BCUT2D eigenvalue weighted by Gasteiger charge is 2.50. The maximum Gasteiger partial charge on any atom is 0.348 e. The summed E-state index contributed by atoms with van der Waals surface area (Å²) >= 11 is 0. The fourth-order valence-corrected chi connectivity index (χ4v) is 2.18. The molecule has 0 saturated heterocycles. The van der Waals surface area contributed by atoms with E-state index >= 15 is 0 Å². The minimum atomic E-state index is -2.04. The smallest absolute Gasteiger partial charge is 0.348 e. The van der Waals surface area contributed by atoms with Gasteiger partial charge in [0.05, 0.1) is 7.11 Å². The second kappa shape index (κ2) is 8.96. The fourth-order valence-electron chi connectivity index (χ4n) is 2.18. The first kappa shape index (κ1) is 22.3. The summed E-state index contributed by atoms with van der Waals surface area (Å²) in [5.74, 6) is -2.31. The van der Waals surface area contributed by atoms with E-state index in [1.54, 1.807) is 0 Å². The molecule has 0 saturated carbocycles. The molecule has 0 aromatic carbocycles. The Bertz CT molecular complexity index is 462. The number of halogens is 1. The Labute approximate surface area is 142 Å². The zero-order valence-electron chi connectivity index (χ0n) is 15.5. The van der Waals surface area contributed by atoms with E-state index < -0.39 is 35.1 Å². The van der Waals surface area contributed by atoms with Gasteiger partial charge in [0.15, 0.2) is 0 Å². The predicted molar refractivity (Wildman–Crippen MR) is 87.0 cm³/mol. The monoisotopic (exact) mass is 348 g/mol. The van der Waals surface area contributed by atoms with Crippen LogP contribution in [-0.2, 0) is 23.9 Å². The molecule has 0 aromatic heterocycles. The van der Waals surface area contributed by atoms with Crippen molar-refractivity contribution >= 4 is 17.8 Å². The third-order valence-electron chi connectivity index (χ3n) is 3.77. The van der Waals surface area contributed by atoms with Crippen LogP contribution in [0.2, 0.25) is 0 Å². The molecule has 0 aliphatic rings. The lowest BCUT2D eigenvalue weighted by Gasteiger charge is -2.33. The molecule has 2 atom stereocenters. The third-order valence-corrected chi connectivity index (χ3v) is 3.77. The SMILES string of the molecule is CNC(=O)C(NC(=O)[C@](CCC(C)C)(OC)C(=O)OC)C(C)(C)F. The minimum absolute atomic E-state index is 0.0485. The number of methoxy groups -OCH3 is 2. The van der Waals surface area contributed by atoms with Gasteiger partial charge in [-0.1, -0.05) is 13.8 Å². The Morgan fingerprint density at radius 3 is 2.04 bits per heavy atom. The fraction of sp³-hybridized carbons (Fsp3) is 0.812. The molecule has 2 N–H and O–H groups in total. The quantitative estimate of drug-likeness (QED) is 0.478. The van der Waals surface area contributed by atoms with Crippen LogP contribution in [0.5, 0.6) is 0 Å². The molecule has 0 radical (unpaired) electrons. The molecular weight excluding hydrogens is 319 g/mol. The van der Waals surface area contributed by atoms with Gasteiger partial charge in [-0.15, -0.1) is 0 Å². The van der Waals surface area contributed by atoms with E-state index in [4.69, 9.17) is 9.47 Å². The van der Waals surface area contributed by atoms with Crippen molar-refractivity contribution < 1.29 is 28.2 Å². The highest BCUT2D eigenvalue weighted by atomic mass is 19.1. The zero-order valence-corrected chi connectivity index (χ0v) is 15.5. The Morgan fingerprint density at radius 2 is 1.71 bits per heavy atom. The summed E-state index contributed by atoms with van der Waals surface area (Å²) in [6.45, 7) is 6.17. The molecular formula is C16H29FN2O5. The predicted octanol–water partition coefficient (Wildman–Crippen LogP) is 0.960. The van der Waals surface area contributed by atoms with E-state index in [1.165, 1.54) is 14.2 Å². The van der Waals surface area contributed by atoms with Crippen LogP contribution in [0, 0.1) is 5.92 Å². The topological polar surface area (TPSA) is 93.7 Å². The molecule has 8 heteroatoms. The summed E-state index contributed by atoms with van der Waals surface area (Å²) in [7, 11) is 3.66. The lowest BCUT2D eigenvalue weighted by atomic mass is 9.90. The molecule has 0 spiro atoms. The number of nitrogens with one attached hydrogen (secondary N) is 2. The second-order valence-electron chi connectivity index (χ2n) is 6.54. The number of alkyl halides is 1. The van der Waals surface area contributed by atoms with E-state index in [0.29, 0.717) is 6.42 Å². The number of hydrogen-bond acceptors (Lipinski definition) is 5. The van der Waals surface area contributed by atoms with Gasteiger partial charge in [0, 0.05) is 14.2 Å². The van der Waals surface area contributed by atoms with Crippen LogP contribution in [0.3, 0.4) is 0 Å². The van der Waals surface area contributed by atoms with Crippen LogP contribution in [0.15, 0.2) is 0 Å². The Kier molecular flexibility index (Phi) is 8.32. The molecule has 0 aliphatic carbocycles. The van der Waals surface area contributed by atoms with Gasteiger partial charge in [0.25, 0.3) is 5.91 Å². The standard InChI is InChI=1S/C16H29FN2O5/c1-10(2)8-9-16(24-7,14(22)23-6)13(21)19-11(12(20)18-5)15(3,4)17/h10-11H,8-9H2,1-7H3,(H,18,20)(H,19,21)/t11?,16-/m0/s1. The number of ether oxygens (including phenoxy) is 2. The van der Waals surface area contributed by atoms with Crippen LogP contribution in [0.1, 0.15) is 40.5 Å². The van der Waals surface area contributed by atoms with Crippen molar-refractivity contribution in [3.63, 3.8) is 0 Å². The molecule has 0 bridgehead atoms. The number of hydrogen-bond donors (Lipinski definition) is 2. The summed E-state index contributed by atoms with van der Waals surface area (Å²) in [6, 6.07) is -1.48. The Morgan fingerprint density at radius 1 is 1.17 bits per heavy atom. The van der Waals surface area contributed by atoms with Gasteiger partial charge in [-0.3, -0.25) is 9.59 Å². The maximum atomic E-state index is 14.3. The average Bonchev–Trinajstić information content (AvgIpc) is 2.50. The van der Waals surface area contributed by atoms with Crippen molar-refractivity contribution in [3.05, 3.63) is 0 Å². The van der Waals surface area contributed by atoms with Gasteiger partial charge >= 0.3 is 5.97 Å². The van der Waals surface area contributed by atoms with Gasteiger partial charge in [0.1, 0.15) is 11.7 Å². The molecule has 0 heterocycles. The summed E-state index contributed by atoms with van der Waals surface area (Å²) in [6.07, 6.45) is 0.548. The molecule has 140 valence electrons. The first-order valence-corrected chi connectivity index (χ1v) is 7.81. The number of rotatable bonds is 9. The maximum absolute atomic E-state index is 14.3. The minimum Gasteiger partial charge on any atom is -0.466 e. The van der Waals surface area contributed by atoms with Gasteiger partial charge in [-0.05, 0) is 32.6 Å². The molecule has 24 heavy (non-hydrogen) atoms. The molecule has 0 rings (SSSR count). The van der Waals surface area contributed by atoms with Crippen LogP contribution in [0.4, 0.5) is 4.39 Å². The Hall–Kier alpha value is -1.70. The van der Waals surface area contributed by atoms with Gasteiger partial charge in [-0.2, -0.15) is 0 Å². The number of amides is 2. The number of carbonyl (C=O) groups excluding carboxylic acids is 3. The largest absolute Gasteiger partial charge is 0.466 e. The average molecular weight is 348 g/mol. The lowest BCUT2D eigenvalue weighted by molar-refractivity contribution is -0.175. The van der Waals surface area contributed by atoms with E-state index in [-0.39, 0.29) is 12.3 Å². The first-order valence-electron chi connectivity index (χ1n) is 7.81. The van der Waals surface area contributed by atoms with Crippen LogP contribution in [0.25, 0.3) is 0 Å². The summed E-state index contributed by atoms with van der Waals surface area (Å²) in [5, 5.41) is 4.58. The van der Waals surface area contributed by atoms with E-state index in [9.17, 15) is 18.8 Å². The highest BCUT2D eigenvalue weighted by Crippen LogP contribution is 2.24. The molecule has 0 aliphatic heterocycles.